The summed E-state index contributed by atoms with van der Waals surface area (Å²) < 4.78 is 21.5. The minimum atomic E-state index is -0.471. The van der Waals surface area contributed by atoms with Crippen LogP contribution in [-0.2, 0) is 12.8 Å². The highest BCUT2D eigenvalue weighted by atomic mass is 16.6. The lowest BCUT2D eigenvalue weighted by Crippen LogP contribution is -2.35. The van der Waals surface area contributed by atoms with E-state index in [2.05, 4.69) is 11.9 Å². The molecule has 0 saturated heterocycles. The van der Waals surface area contributed by atoms with Crippen LogP contribution in [0, 0.1) is 10.1 Å². The van der Waals surface area contributed by atoms with Gasteiger partial charge in [0.1, 0.15) is 0 Å². The number of ether oxygens (including phenoxy) is 4. The predicted molar refractivity (Wildman–Crippen MR) is 158 cm³/mol. The molecule has 3 aromatic carbocycles. The standard InChI is InChI=1S/C31H39N3O7/c1-32(19-15-23-7-13-27(38-2)29(21-23)40-4)17-6-18-33(31(35)25-9-11-26(12-10-25)34(36)37)20-16-24-8-14-28(39-3)30(22-24)41-5/h7-14,21-22H,6,15-20H2,1-5H3. The molecular weight excluding hydrogens is 526 g/mol. The first-order valence-electron chi connectivity index (χ1n) is 13.4. The van der Waals surface area contributed by atoms with Crippen molar-refractivity contribution in [1.29, 1.82) is 0 Å². The maximum Gasteiger partial charge on any atom is 0.269 e. The van der Waals surface area contributed by atoms with E-state index < -0.39 is 4.92 Å². The Morgan fingerprint density at radius 1 is 0.707 bits per heavy atom. The number of carbonyl (C=O) groups is 1. The summed E-state index contributed by atoms with van der Waals surface area (Å²) >= 11 is 0. The molecule has 10 heteroatoms. The van der Waals surface area contributed by atoms with Gasteiger partial charge in [0.15, 0.2) is 23.0 Å². The van der Waals surface area contributed by atoms with E-state index in [0.717, 1.165) is 37.1 Å². The van der Waals surface area contributed by atoms with E-state index in [1.807, 2.05) is 36.4 Å². The molecular formula is C31H39N3O7. The Morgan fingerprint density at radius 2 is 1.22 bits per heavy atom. The van der Waals surface area contributed by atoms with Gasteiger partial charge in [-0.15, -0.1) is 0 Å². The Labute approximate surface area is 241 Å². The number of nitro groups is 1. The van der Waals surface area contributed by atoms with E-state index in [-0.39, 0.29) is 11.6 Å². The molecule has 0 saturated carbocycles. The SMILES string of the molecule is COc1ccc(CCN(C)CCCN(CCc2ccc(OC)c(OC)c2)C(=O)c2ccc([N+](=O)[O-])cc2)cc1OC. The van der Waals surface area contributed by atoms with Gasteiger partial charge in [0.25, 0.3) is 11.6 Å². The van der Waals surface area contributed by atoms with Crippen LogP contribution in [0.15, 0.2) is 60.7 Å². The third-order valence-electron chi connectivity index (χ3n) is 6.93. The molecule has 0 aliphatic carbocycles. The van der Waals surface area contributed by atoms with Gasteiger partial charge in [-0.2, -0.15) is 0 Å². The molecule has 0 aliphatic rings. The largest absolute Gasteiger partial charge is 0.493 e. The number of hydrogen-bond acceptors (Lipinski definition) is 8. The first-order valence-corrected chi connectivity index (χ1v) is 13.4. The number of amides is 1. The summed E-state index contributed by atoms with van der Waals surface area (Å²) in [5.41, 5.74) is 2.54. The van der Waals surface area contributed by atoms with Crippen LogP contribution in [0.3, 0.4) is 0 Å². The number of nitro benzene ring substituents is 1. The molecule has 0 unspecified atom stereocenters. The smallest absolute Gasteiger partial charge is 0.269 e. The normalized spacial score (nSPS) is 10.8. The first kappa shape index (κ1) is 31.2. The Bertz CT molecular complexity index is 1300. The molecule has 0 heterocycles. The molecule has 0 bridgehead atoms. The number of likely N-dealkylation sites (N-methyl/N-ethyl adjacent to an activating group) is 1. The van der Waals surface area contributed by atoms with Crippen LogP contribution in [-0.4, -0.2) is 82.3 Å². The summed E-state index contributed by atoms with van der Waals surface area (Å²) in [5.74, 6) is 2.53. The first-order chi connectivity index (χ1) is 19.8. The van der Waals surface area contributed by atoms with Crippen molar-refractivity contribution in [3.05, 3.63) is 87.5 Å². The zero-order chi connectivity index (χ0) is 29.8. The van der Waals surface area contributed by atoms with E-state index >= 15 is 0 Å². The van der Waals surface area contributed by atoms with Gasteiger partial charge < -0.3 is 28.7 Å². The van der Waals surface area contributed by atoms with Crippen molar-refractivity contribution in [2.75, 3.05) is 61.7 Å². The number of hydrogen-bond donors (Lipinski definition) is 0. The lowest BCUT2D eigenvalue weighted by Gasteiger charge is -2.25. The number of benzene rings is 3. The molecule has 0 atom stereocenters. The molecule has 1 amide bonds. The van der Waals surface area contributed by atoms with E-state index in [0.29, 0.717) is 48.1 Å². The lowest BCUT2D eigenvalue weighted by molar-refractivity contribution is -0.384. The lowest BCUT2D eigenvalue weighted by atomic mass is 10.1. The number of methoxy groups -OCH3 is 4. The molecule has 10 nitrogen and oxygen atoms in total. The minimum absolute atomic E-state index is 0.0467. The van der Waals surface area contributed by atoms with Gasteiger partial charge in [0, 0.05) is 37.3 Å². The van der Waals surface area contributed by atoms with Gasteiger partial charge >= 0.3 is 0 Å². The topological polar surface area (TPSA) is 104 Å². The van der Waals surface area contributed by atoms with E-state index in [9.17, 15) is 14.9 Å². The molecule has 0 radical (unpaired) electrons. The van der Waals surface area contributed by atoms with Crippen LogP contribution in [0.1, 0.15) is 27.9 Å². The second-order valence-corrected chi connectivity index (χ2v) is 9.63. The van der Waals surface area contributed by atoms with Crippen LogP contribution in [0.4, 0.5) is 5.69 Å². The van der Waals surface area contributed by atoms with Crippen molar-refractivity contribution in [2.45, 2.75) is 19.3 Å². The van der Waals surface area contributed by atoms with Gasteiger partial charge in [0.2, 0.25) is 0 Å². The van der Waals surface area contributed by atoms with E-state index in [4.69, 9.17) is 18.9 Å². The molecule has 0 spiro atoms. The summed E-state index contributed by atoms with van der Waals surface area (Å²) in [5, 5.41) is 11.1. The highest BCUT2D eigenvalue weighted by Gasteiger charge is 2.18. The molecule has 3 rings (SSSR count). The van der Waals surface area contributed by atoms with Crippen molar-refractivity contribution in [3.8, 4) is 23.0 Å². The van der Waals surface area contributed by atoms with Crippen molar-refractivity contribution in [3.63, 3.8) is 0 Å². The van der Waals surface area contributed by atoms with Crippen molar-refractivity contribution in [2.24, 2.45) is 0 Å². The maximum absolute atomic E-state index is 13.4. The minimum Gasteiger partial charge on any atom is -0.493 e. The number of nitrogens with zero attached hydrogens (tertiary/aromatic N) is 3. The van der Waals surface area contributed by atoms with Crippen molar-refractivity contribution >= 4 is 11.6 Å². The van der Waals surface area contributed by atoms with Crippen LogP contribution >= 0.6 is 0 Å². The third-order valence-corrected chi connectivity index (χ3v) is 6.93. The Kier molecular flexibility index (Phi) is 11.8. The number of non-ortho nitro benzene ring substituents is 1. The highest BCUT2D eigenvalue weighted by molar-refractivity contribution is 5.94. The molecule has 41 heavy (non-hydrogen) atoms. The second kappa shape index (κ2) is 15.5. The van der Waals surface area contributed by atoms with Crippen LogP contribution in [0.5, 0.6) is 23.0 Å². The molecule has 0 N–H and O–H groups in total. The van der Waals surface area contributed by atoms with E-state index in [1.165, 1.54) is 24.3 Å². The predicted octanol–water partition coefficient (Wildman–Crippen LogP) is 4.88. The van der Waals surface area contributed by atoms with Crippen molar-refractivity contribution < 1.29 is 28.7 Å². The monoisotopic (exact) mass is 565 g/mol. The summed E-state index contributed by atoms with van der Waals surface area (Å²) in [6.07, 6.45) is 2.24. The average Bonchev–Trinajstić information content (AvgIpc) is 3.00. The van der Waals surface area contributed by atoms with Gasteiger partial charge in [-0.3, -0.25) is 14.9 Å². The quantitative estimate of drug-likeness (QED) is 0.179. The Balaban J connectivity index is 1.63. The van der Waals surface area contributed by atoms with E-state index in [1.54, 1.807) is 33.3 Å². The average molecular weight is 566 g/mol. The number of rotatable bonds is 16. The Hall–Kier alpha value is -4.31. The molecule has 3 aromatic rings. The summed E-state index contributed by atoms with van der Waals surface area (Å²) in [6.45, 7) is 2.68. The summed E-state index contributed by atoms with van der Waals surface area (Å²) in [4.78, 5) is 28.1. The molecule has 0 aliphatic heterocycles. The molecule has 0 fully saturated rings. The zero-order valence-electron chi connectivity index (χ0n) is 24.4. The summed E-state index contributed by atoms with van der Waals surface area (Å²) in [7, 11) is 8.49. The number of carbonyl (C=O) groups excluding carboxylic acids is 1. The zero-order valence-corrected chi connectivity index (χ0v) is 24.4. The second-order valence-electron chi connectivity index (χ2n) is 9.63. The van der Waals surface area contributed by atoms with Gasteiger partial charge in [-0.25, -0.2) is 0 Å². The maximum atomic E-state index is 13.4. The Morgan fingerprint density at radius 3 is 1.71 bits per heavy atom. The molecule has 220 valence electrons. The fourth-order valence-corrected chi connectivity index (χ4v) is 4.52. The van der Waals surface area contributed by atoms with Crippen molar-refractivity contribution in [1.82, 2.24) is 9.80 Å². The molecule has 0 aromatic heterocycles. The highest BCUT2D eigenvalue weighted by Crippen LogP contribution is 2.29. The summed E-state index contributed by atoms with van der Waals surface area (Å²) in [6, 6.07) is 17.4. The van der Waals surface area contributed by atoms with Gasteiger partial charge in [0.05, 0.1) is 33.4 Å². The fourth-order valence-electron chi connectivity index (χ4n) is 4.52. The van der Waals surface area contributed by atoms with Crippen LogP contribution in [0.25, 0.3) is 0 Å². The van der Waals surface area contributed by atoms with Gasteiger partial charge in [-0.05, 0) is 80.4 Å². The van der Waals surface area contributed by atoms with Crippen LogP contribution < -0.4 is 18.9 Å². The fraction of sp³-hybridized carbons (Fsp3) is 0.387. The van der Waals surface area contributed by atoms with Gasteiger partial charge in [-0.1, -0.05) is 12.1 Å². The third kappa shape index (κ3) is 8.84. The van der Waals surface area contributed by atoms with Crippen LogP contribution in [0.2, 0.25) is 0 Å².